The van der Waals surface area contributed by atoms with E-state index in [9.17, 15) is 9.59 Å². The number of furan rings is 1. The molecule has 182 valence electrons. The average Bonchev–Trinajstić information content (AvgIpc) is 3.13. The lowest BCUT2D eigenvalue weighted by atomic mass is 10.0. The molecule has 2 aromatic heterocycles. The molecule has 34 heavy (non-hydrogen) atoms. The number of hydrogen-bond donors (Lipinski definition) is 0. The lowest BCUT2D eigenvalue weighted by Gasteiger charge is -2.41. The van der Waals surface area contributed by atoms with Crippen molar-refractivity contribution >= 4 is 45.5 Å². The molecular weight excluding hydrogens is 454 g/mol. The van der Waals surface area contributed by atoms with E-state index in [0.29, 0.717) is 29.2 Å². The molecule has 0 N–H and O–H groups in total. The smallest absolute Gasteiger partial charge is 0.410 e. The van der Waals surface area contributed by atoms with E-state index >= 15 is 0 Å². The molecule has 1 aromatic carbocycles. The van der Waals surface area contributed by atoms with Crippen molar-refractivity contribution in [1.82, 2.24) is 14.8 Å². The number of fused-ring (bicyclic) bond motifs is 3. The van der Waals surface area contributed by atoms with Gasteiger partial charge in [0, 0.05) is 29.9 Å². The van der Waals surface area contributed by atoms with Gasteiger partial charge in [-0.15, -0.1) is 0 Å². The Morgan fingerprint density at radius 1 is 1.26 bits per heavy atom. The van der Waals surface area contributed by atoms with E-state index in [1.807, 2.05) is 64.6 Å². The first-order valence-electron chi connectivity index (χ1n) is 11.7. The van der Waals surface area contributed by atoms with Crippen molar-refractivity contribution in [2.24, 2.45) is 0 Å². The molecule has 1 aliphatic rings. The van der Waals surface area contributed by atoms with Crippen molar-refractivity contribution in [3.8, 4) is 0 Å². The predicted octanol–water partition coefficient (Wildman–Crippen LogP) is 6.19. The van der Waals surface area contributed by atoms with Crippen LogP contribution in [0.2, 0.25) is 5.02 Å². The van der Waals surface area contributed by atoms with E-state index in [-0.39, 0.29) is 29.8 Å². The molecule has 7 nitrogen and oxygen atoms in total. The highest BCUT2D eigenvalue weighted by molar-refractivity contribution is 6.36. The summed E-state index contributed by atoms with van der Waals surface area (Å²) < 4.78 is 11.4. The molecule has 1 atom stereocenters. The van der Waals surface area contributed by atoms with E-state index in [1.165, 1.54) is 0 Å². The van der Waals surface area contributed by atoms with Gasteiger partial charge in [-0.25, -0.2) is 9.78 Å². The molecule has 1 saturated heterocycles. The van der Waals surface area contributed by atoms with Gasteiger partial charge in [-0.05, 0) is 66.5 Å². The van der Waals surface area contributed by atoms with Crippen LogP contribution < -0.4 is 0 Å². The number of benzene rings is 1. The number of aryl methyl sites for hydroxylation is 1. The second-order valence-electron chi connectivity index (χ2n) is 10.3. The van der Waals surface area contributed by atoms with Crippen molar-refractivity contribution < 1.29 is 18.7 Å². The Morgan fingerprint density at radius 3 is 2.68 bits per heavy atom. The molecule has 3 heterocycles. The predicted molar refractivity (Wildman–Crippen MR) is 133 cm³/mol. The second-order valence-corrected chi connectivity index (χ2v) is 10.7. The van der Waals surface area contributed by atoms with Crippen molar-refractivity contribution in [3.63, 3.8) is 0 Å². The van der Waals surface area contributed by atoms with Crippen LogP contribution >= 0.6 is 11.6 Å². The largest absolute Gasteiger partial charge is 0.459 e. The Bertz CT molecular complexity index is 1240. The minimum atomic E-state index is -0.571. The number of likely N-dealkylation sites (tertiary alicyclic amines) is 1. The quantitative estimate of drug-likeness (QED) is 0.442. The zero-order chi connectivity index (χ0) is 24.8. The van der Waals surface area contributed by atoms with E-state index in [4.69, 9.17) is 25.7 Å². The third kappa shape index (κ3) is 4.85. The van der Waals surface area contributed by atoms with Gasteiger partial charge in [0.15, 0.2) is 5.58 Å². The summed E-state index contributed by atoms with van der Waals surface area (Å²) in [5.74, 6) is 0.556. The van der Waals surface area contributed by atoms with Gasteiger partial charge in [-0.1, -0.05) is 23.7 Å². The summed E-state index contributed by atoms with van der Waals surface area (Å²) in [5, 5.41) is 2.11. The van der Waals surface area contributed by atoms with Crippen LogP contribution in [0.25, 0.3) is 21.9 Å². The number of aromatic nitrogens is 1. The van der Waals surface area contributed by atoms with Crippen LogP contribution in [0.3, 0.4) is 0 Å². The Morgan fingerprint density at radius 2 is 2.00 bits per heavy atom. The monoisotopic (exact) mass is 485 g/mol. The standard InChI is InChI=1S/C26H32ClN3O4/c1-15(2)30(18-8-7-11-29(14-18)25(32)34-26(4,5)6)24(31)21-13-20(27)19-10-9-17-12-16(3)33-23(17)22(19)28-21/h9-10,12-13,15,18H,7-8,11,14H2,1-6H3/t18-/m1/s1. The minimum Gasteiger partial charge on any atom is -0.459 e. The van der Waals surface area contributed by atoms with E-state index in [2.05, 4.69) is 0 Å². The molecule has 4 rings (SSSR count). The number of carbonyl (C=O) groups is 2. The molecule has 0 unspecified atom stereocenters. The Hall–Kier alpha value is -2.80. The van der Waals surface area contributed by atoms with Gasteiger partial charge in [-0.3, -0.25) is 4.79 Å². The summed E-state index contributed by atoms with van der Waals surface area (Å²) in [5.41, 5.74) is 0.890. The third-order valence-corrected chi connectivity index (χ3v) is 6.30. The highest BCUT2D eigenvalue weighted by Gasteiger charge is 2.35. The highest BCUT2D eigenvalue weighted by Crippen LogP contribution is 2.32. The molecule has 0 saturated carbocycles. The van der Waals surface area contributed by atoms with Crippen molar-refractivity contribution in [2.75, 3.05) is 13.1 Å². The van der Waals surface area contributed by atoms with Gasteiger partial charge in [0.05, 0.1) is 11.1 Å². The first-order chi connectivity index (χ1) is 15.9. The summed E-state index contributed by atoms with van der Waals surface area (Å²) in [7, 11) is 0. The number of piperidine rings is 1. The summed E-state index contributed by atoms with van der Waals surface area (Å²) in [6.07, 6.45) is 1.24. The molecule has 0 spiro atoms. The average molecular weight is 486 g/mol. The van der Waals surface area contributed by atoms with Gasteiger partial charge in [-0.2, -0.15) is 0 Å². The lowest BCUT2D eigenvalue weighted by Crippen LogP contribution is -2.54. The van der Waals surface area contributed by atoms with Crippen LogP contribution in [0.15, 0.2) is 28.7 Å². The van der Waals surface area contributed by atoms with Crippen molar-refractivity contribution in [1.29, 1.82) is 0 Å². The molecule has 1 aliphatic heterocycles. The van der Waals surface area contributed by atoms with Crippen LogP contribution in [-0.2, 0) is 4.74 Å². The number of nitrogens with zero attached hydrogens (tertiary/aromatic N) is 3. The summed E-state index contributed by atoms with van der Waals surface area (Å²) in [6, 6.07) is 7.16. The second kappa shape index (κ2) is 9.10. The Labute approximate surface area is 205 Å². The summed E-state index contributed by atoms with van der Waals surface area (Å²) >= 11 is 6.59. The zero-order valence-corrected chi connectivity index (χ0v) is 21.4. The van der Waals surface area contributed by atoms with Gasteiger partial charge < -0.3 is 19.0 Å². The topological polar surface area (TPSA) is 75.9 Å². The van der Waals surface area contributed by atoms with Gasteiger partial charge in [0.1, 0.15) is 22.6 Å². The van der Waals surface area contributed by atoms with Gasteiger partial charge >= 0.3 is 6.09 Å². The maximum absolute atomic E-state index is 13.8. The number of halogens is 1. The molecular formula is C26H32ClN3O4. The molecule has 0 bridgehead atoms. The highest BCUT2D eigenvalue weighted by atomic mass is 35.5. The fraction of sp³-hybridized carbons (Fsp3) is 0.500. The molecule has 0 radical (unpaired) electrons. The van der Waals surface area contributed by atoms with E-state index in [0.717, 1.165) is 29.4 Å². The SMILES string of the molecule is Cc1cc2ccc3c(Cl)cc(C(=O)N(C(C)C)[C@@H]4CCCN(C(=O)OC(C)(C)C)C4)nc3c2o1. The van der Waals surface area contributed by atoms with E-state index < -0.39 is 5.60 Å². The van der Waals surface area contributed by atoms with Crippen molar-refractivity contribution in [3.05, 3.63) is 40.7 Å². The number of carbonyl (C=O) groups excluding carboxylic acids is 2. The zero-order valence-electron chi connectivity index (χ0n) is 20.6. The van der Waals surface area contributed by atoms with Crippen LogP contribution in [0, 0.1) is 6.92 Å². The number of pyridine rings is 1. The van der Waals surface area contributed by atoms with E-state index in [1.54, 1.807) is 11.0 Å². The maximum atomic E-state index is 13.8. The molecule has 3 aromatic rings. The normalized spacial score (nSPS) is 16.9. The van der Waals surface area contributed by atoms with Crippen LogP contribution in [0.5, 0.6) is 0 Å². The molecule has 1 fully saturated rings. The number of ether oxygens (including phenoxy) is 1. The number of amides is 2. The fourth-order valence-corrected chi connectivity index (χ4v) is 4.87. The van der Waals surface area contributed by atoms with Crippen LogP contribution in [0.1, 0.15) is 63.7 Å². The molecule has 0 aliphatic carbocycles. The van der Waals surface area contributed by atoms with Gasteiger partial charge in [0.25, 0.3) is 5.91 Å². The Balaban J connectivity index is 1.66. The summed E-state index contributed by atoms with van der Waals surface area (Å²) in [6.45, 7) is 12.4. The first-order valence-corrected chi connectivity index (χ1v) is 12.1. The van der Waals surface area contributed by atoms with Crippen LogP contribution in [0.4, 0.5) is 4.79 Å². The van der Waals surface area contributed by atoms with Crippen LogP contribution in [-0.4, -0.2) is 57.6 Å². The third-order valence-electron chi connectivity index (χ3n) is 5.99. The number of hydrogen-bond acceptors (Lipinski definition) is 5. The molecule has 8 heteroatoms. The fourth-order valence-electron chi connectivity index (χ4n) is 4.61. The lowest BCUT2D eigenvalue weighted by molar-refractivity contribution is 0.00743. The first kappa shape index (κ1) is 24.3. The van der Waals surface area contributed by atoms with Gasteiger partial charge in [0.2, 0.25) is 0 Å². The molecule has 2 amide bonds. The maximum Gasteiger partial charge on any atom is 0.410 e. The van der Waals surface area contributed by atoms with Crippen molar-refractivity contribution in [2.45, 2.75) is 72.1 Å². The summed E-state index contributed by atoms with van der Waals surface area (Å²) in [4.78, 5) is 34.6. The number of rotatable bonds is 3. The Kier molecular flexibility index (Phi) is 6.51. The minimum absolute atomic E-state index is 0.0889.